The highest BCUT2D eigenvalue weighted by Gasteiger charge is 2.18. The molecule has 1 aromatic heterocycles. The van der Waals surface area contributed by atoms with Gasteiger partial charge >= 0.3 is 5.97 Å². The zero-order valence-corrected chi connectivity index (χ0v) is 12.9. The second kappa shape index (κ2) is 6.49. The van der Waals surface area contributed by atoms with E-state index in [1.54, 1.807) is 18.3 Å². The number of carbonyl (C=O) groups is 1. The van der Waals surface area contributed by atoms with E-state index >= 15 is 0 Å². The predicted octanol–water partition coefficient (Wildman–Crippen LogP) is 2.21. The van der Waals surface area contributed by atoms with Crippen LogP contribution in [0.15, 0.2) is 6.07 Å². The Morgan fingerprint density at radius 3 is 2.58 bits per heavy atom. The van der Waals surface area contributed by atoms with Gasteiger partial charge in [-0.1, -0.05) is 0 Å². The van der Waals surface area contributed by atoms with Crippen molar-refractivity contribution in [3.63, 3.8) is 0 Å². The van der Waals surface area contributed by atoms with Gasteiger partial charge in [-0.2, -0.15) is 0 Å². The van der Waals surface area contributed by atoms with Gasteiger partial charge in [-0.05, 0) is 38.8 Å². The van der Waals surface area contributed by atoms with E-state index in [1.165, 1.54) is 0 Å². The summed E-state index contributed by atoms with van der Waals surface area (Å²) in [5, 5.41) is 8.50. The summed E-state index contributed by atoms with van der Waals surface area (Å²) in [6.07, 6.45) is -0.00902. The van der Waals surface area contributed by atoms with Crippen LogP contribution in [0.1, 0.15) is 41.1 Å². The molecule has 0 aliphatic heterocycles. The summed E-state index contributed by atoms with van der Waals surface area (Å²) in [6.45, 7) is 5.74. The Hall–Kier alpha value is -0.920. The molecule has 1 rings (SSSR count). The first-order chi connectivity index (χ1) is 8.71. The molecular formula is C12H19NO4S2. The largest absolute Gasteiger partial charge is 0.481 e. The van der Waals surface area contributed by atoms with Gasteiger partial charge in [-0.3, -0.25) is 4.79 Å². The monoisotopic (exact) mass is 305 g/mol. The molecule has 0 bridgehead atoms. The van der Waals surface area contributed by atoms with Crippen molar-refractivity contribution in [2.45, 2.75) is 39.7 Å². The van der Waals surface area contributed by atoms with Gasteiger partial charge in [0, 0.05) is 22.2 Å². The number of sulfonamides is 1. The molecule has 0 aliphatic rings. The quantitative estimate of drug-likeness (QED) is 0.809. The molecule has 2 N–H and O–H groups in total. The Morgan fingerprint density at radius 2 is 2.11 bits per heavy atom. The van der Waals surface area contributed by atoms with Crippen LogP contribution in [-0.2, 0) is 14.8 Å². The average molecular weight is 305 g/mol. The molecule has 0 amide bonds. The van der Waals surface area contributed by atoms with E-state index in [4.69, 9.17) is 5.11 Å². The van der Waals surface area contributed by atoms with Gasteiger partial charge in [0.25, 0.3) is 0 Å². The molecule has 7 heteroatoms. The third-order valence-corrected chi connectivity index (χ3v) is 5.23. The zero-order chi connectivity index (χ0) is 14.6. The SMILES string of the molecule is Cc1cc(C(C)NS(=O)(=O)CCCC(=O)O)c(C)s1. The number of nitrogens with one attached hydrogen (secondary N) is 1. The summed E-state index contributed by atoms with van der Waals surface area (Å²) in [6, 6.07) is 1.68. The Balaban J connectivity index is 2.62. The summed E-state index contributed by atoms with van der Waals surface area (Å²) < 4.78 is 26.2. The lowest BCUT2D eigenvalue weighted by Crippen LogP contribution is -2.29. The normalized spacial score (nSPS) is 13.4. The summed E-state index contributed by atoms with van der Waals surface area (Å²) in [5.74, 6) is -1.14. The average Bonchev–Trinajstić information content (AvgIpc) is 2.56. The lowest BCUT2D eigenvalue weighted by atomic mass is 10.1. The minimum absolute atomic E-state index is 0.124. The molecule has 5 nitrogen and oxygen atoms in total. The Bertz CT molecular complexity index is 548. The molecular weight excluding hydrogens is 286 g/mol. The van der Waals surface area contributed by atoms with E-state index in [1.807, 2.05) is 19.9 Å². The third kappa shape index (κ3) is 5.30. The van der Waals surface area contributed by atoms with Crippen LogP contribution >= 0.6 is 11.3 Å². The van der Waals surface area contributed by atoms with Gasteiger partial charge < -0.3 is 5.11 Å². The Kier molecular flexibility index (Phi) is 5.51. The van der Waals surface area contributed by atoms with Crippen LogP contribution in [0.25, 0.3) is 0 Å². The molecule has 0 aromatic carbocycles. The van der Waals surface area contributed by atoms with Gasteiger partial charge in [-0.15, -0.1) is 11.3 Å². The molecule has 108 valence electrons. The number of carboxylic acid groups (broad SMARTS) is 1. The number of hydrogen-bond donors (Lipinski definition) is 2. The minimum Gasteiger partial charge on any atom is -0.481 e. The van der Waals surface area contributed by atoms with Gasteiger partial charge in [0.1, 0.15) is 0 Å². The highest BCUT2D eigenvalue weighted by Crippen LogP contribution is 2.26. The van der Waals surface area contributed by atoms with Crippen LogP contribution in [0.4, 0.5) is 0 Å². The predicted molar refractivity (Wildman–Crippen MR) is 76.0 cm³/mol. The molecule has 0 spiro atoms. The highest BCUT2D eigenvalue weighted by molar-refractivity contribution is 7.89. The summed E-state index contributed by atoms with van der Waals surface area (Å²) in [7, 11) is -3.44. The van der Waals surface area contributed by atoms with Crippen LogP contribution in [0.3, 0.4) is 0 Å². The molecule has 0 radical (unpaired) electrons. The van der Waals surface area contributed by atoms with E-state index in [0.717, 1.165) is 15.3 Å². The fourth-order valence-corrected chi connectivity index (χ4v) is 4.22. The minimum atomic E-state index is -3.44. The lowest BCUT2D eigenvalue weighted by molar-refractivity contribution is -0.137. The lowest BCUT2D eigenvalue weighted by Gasteiger charge is -2.14. The van der Waals surface area contributed by atoms with E-state index < -0.39 is 16.0 Å². The van der Waals surface area contributed by atoms with Crippen LogP contribution in [0.2, 0.25) is 0 Å². The van der Waals surface area contributed by atoms with Crippen LogP contribution in [0.5, 0.6) is 0 Å². The van der Waals surface area contributed by atoms with Crippen molar-refractivity contribution in [3.05, 3.63) is 21.4 Å². The van der Waals surface area contributed by atoms with E-state index in [0.29, 0.717) is 0 Å². The number of carboxylic acids is 1. The van der Waals surface area contributed by atoms with Crippen LogP contribution in [0, 0.1) is 13.8 Å². The Morgan fingerprint density at radius 1 is 1.47 bits per heavy atom. The third-order valence-electron chi connectivity index (χ3n) is 2.71. The first-order valence-corrected chi connectivity index (χ1v) is 8.47. The van der Waals surface area contributed by atoms with Gasteiger partial charge in [0.05, 0.1) is 5.75 Å². The number of rotatable bonds is 7. The molecule has 0 aliphatic carbocycles. The van der Waals surface area contributed by atoms with E-state index in [-0.39, 0.29) is 24.6 Å². The molecule has 0 saturated carbocycles. The fourth-order valence-electron chi connectivity index (χ4n) is 1.89. The second-order valence-electron chi connectivity index (χ2n) is 4.52. The van der Waals surface area contributed by atoms with Gasteiger partial charge in [0.15, 0.2) is 0 Å². The molecule has 0 saturated heterocycles. The zero-order valence-electron chi connectivity index (χ0n) is 11.3. The topological polar surface area (TPSA) is 83.5 Å². The van der Waals surface area contributed by atoms with Crippen molar-refractivity contribution in [1.82, 2.24) is 4.72 Å². The molecule has 1 atom stereocenters. The molecule has 19 heavy (non-hydrogen) atoms. The number of aliphatic carboxylic acids is 1. The maximum atomic E-state index is 11.8. The van der Waals surface area contributed by atoms with E-state index in [9.17, 15) is 13.2 Å². The van der Waals surface area contributed by atoms with E-state index in [2.05, 4.69) is 4.72 Å². The smallest absolute Gasteiger partial charge is 0.303 e. The number of hydrogen-bond acceptors (Lipinski definition) is 4. The fraction of sp³-hybridized carbons (Fsp3) is 0.583. The maximum Gasteiger partial charge on any atom is 0.303 e. The van der Waals surface area contributed by atoms with Crippen LogP contribution in [-0.4, -0.2) is 25.2 Å². The van der Waals surface area contributed by atoms with Gasteiger partial charge in [0.2, 0.25) is 10.0 Å². The van der Waals surface area contributed by atoms with Crippen molar-refractivity contribution in [1.29, 1.82) is 0 Å². The first kappa shape index (κ1) is 16.1. The second-order valence-corrected chi connectivity index (χ2v) is 7.86. The molecule has 1 heterocycles. The summed E-state index contributed by atoms with van der Waals surface area (Å²) in [4.78, 5) is 12.6. The highest BCUT2D eigenvalue weighted by atomic mass is 32.2. The summed E-state index contributed by atoms with van der Waals surface area (Å²) in [5.41, 5.74) is 0.976. The molecule has 1 aromatic rings. The summed E-state index contributed by atoms with van der Waals surface area (Å²) >= 11 is 1.63. The first-order valence-electron chi connectivity index (χ1n) is 6.00. The molecule has 0 fully saturated rings. The Labute approximate surface area is 117 Å². The van der Waals surface area contributed by atoms with Crippen molar-refractivity contribution >= 4 is 27.3 Å². The van der Waals surface area contributed by atoms with Crippen molar-refractivity contribution in [2.75, 3.05) is 5.75 Å². The maximum absolute atomic E-state index is 11.8. The van der Waals surface area contributed by atoms with Crippen molar-refractivity contribution in [2.24, 2.45) is 0 Å². The van der Waals surface area contributed by atoms with Crippen molar-refractivity contribution in [3.8, 4) is 0 Å². The van der Waals surface area contributed by atoms with Crippen molar-refractivity contribution < 1.29 is 18.3 Å². The standard InChI is InChI=1S/C12H19NO4S2/c1-8-7-11(10(3)18-8)9(2)13-19(16,17)6-4-5-12(14)15/h7,9,13H,4-6H2,1-3H3,(H,14,15). The molecule has 1 unspecified atom stereocenters. The number of aryl methyl sites for hydroxylation is 2. The number of thiophene rings is 1. The van der Waals surface area contributed by atoms with Gasteiger partial charge in [-0.25, -0.2) is 13.1 Å². The van der Waals surface area contributed by atoms with Crippen LogP contribution < -0.4 is 4.72 Å².